The zero-order valence-corrected chi connectivity index (χ0v) is 38.2. The normalized spacial score (nSPS) is 24.9. The smallest absolute Gasteiger partial charge is 0.403 e. The van der Waals surface area contributed by atoms with Gasteiger partial charge in [-0.2, -0.15) is 0 Å². The van der Waals surface area contributed by atoms with E-state index in [1.54, 1.807) is 12.1 Å². The second-order valence-electron chi connectivity index (χ2n) is 19.0. The monoisotopic (exact) mass is 885 g/mol. The average molecular weight is 885 g/mol. The fourth-order valence-electron chi connectivity index (χ4n) is 10.2. The van der Waals surface area contributed by atoms with Crippen LogP contribution in [0.1, 0.15) is 121 Å². The van der Waals surface area contributed by atoms with Crippen LogP contribution in [0.15, 0.2) is 48.5 Å². The van der Waals surface area contributed by atoms with Crippen molar-refractivity contribution < 1.29 is 38.1 Å². The molecule has 17 heteroatoms. The molecule has 10 N–H and O–H groups in total. The minimum Gasteiger partial charge on any atom is -0.403 e. The molecule has 5 aliphatic rings. The van der Waals surface area contributed by atoms with E-state index in [2.05, 4.69) is 66.3 Å². The van der Waals surface area contributed by atoms with Crippen LogP contribution in [-0.2, 0) is 39.7 Å². The first kappa shape index (κ1) is 48.6. The van der Waals surface area contributed by atoms with E-state index in [-0.39, 0.29) is 36.8 Å². The Kier molecular flexibility index (Phi) is 15.9. The molecule has 2 saturated heterocycles. The van der Waals surface area contributed by atoms with Gasteiger partial charge in [0.15, 0.2) is 0 Å². The van der Waals surface area contributed by atoms with Gasteiger partial charge in [-0.3, -0.25) is 28.8 Å². The molecule has 1 unspecified atom stereocenters. The van der Waals surface area contributed by atoms with Gasteiger partial charge in [-0.15, -0.1) is 0 Å². The molecule has 3 aliphatic carbocycles. The van der Waals surface area contributed by atoms with Crippen LogP contribution in [0.25, 0.3) is 11.1 Å². The first-order valence-corrected chi connectivity index (χ1v) is 23.3. The van der Waals surface area contributed by atoms with Crippen molar-refractivity contribution in [1.82, 2.24) is 26.2 Å². The lowest BCUT2D eigenvalue weighted by atomic mass is 9.43. The standard InChI is InChI=1S/C47H69BN8O8/c1-6-7-11-29-14-16-30(17-15-29)31-18-20-32(21-19-31)41(59)54-35(12-8-9-24-49)44(62)56-25-10-13-36(56)43(61)52-28(2)40(58)53-34(22-23-39(50)57)42(60)55-45(51)48-63-38-27-33-26-37(46(33,3)4)47(38,5)64-48/h14-21,28,33-38,45H,6-13,22-27,49,51H2,1-5H3,(H2,50,57)(H,52,61)(H,53,58)(H,54,59)(H,55,60)/t28-,33-,34-,35-,36-,37-,38?,45+,47-/m0/s1. The van der Waals surface area contributed by atoms with Crippen molar-refractivity contribution in [2.45, 2.75) is 154 Å². The lowest BCUT2D eigenvalue weighted by Crippen LogP contribution is -2.65. The Morgan fingerprint density at radius 3 is 2.19 bits per heavy atom. The van der Waals surface area contributed by atoms with Crippen LogP contribution < -0.4 is 38.5 Å². The van der Waals surface area contributed by atoms with Gasteiger partial charge in [-0.05, 0) is 131 Å². The van der Waals surface area contributed by atoms with Crippen molar-refractivity contribution in [2.75, 3.05) is 13.1 Å². The summed E-state index contributed by atoms with van der Waals surface area (Å²) in [6.45, 7) is 10.9. The lowest BCUT2D eigenvalue weighted by molar-refractivity contribution is -0.199. The Labute approximate surface area is 377 Å². The molecule has 0 radical (unpaired) electrons. The minimum atomic E-state index is -1.23. The fourth-order valence-corrected chi connectivity index (χ4v) is 10.2. The SMILES string of the molecule is CCCCc1ccc(-c2ccc(C(=O)N[C@@H](CCCCN)C(=O)N3CCC[C@H]3C(=O)N[C@@H](C)C(=O)N[C@@H](CCC(N)=O)C(=O)N[C@@H](N)B3OC4C[C@@H]5C[C@@H](C5(C)C)[C@]4(C)O3)cc2)cc1. The van der Waals surface area contributed by atoms with Gasteiger partial charge in [0.25, 0.3) is 5.91 Å². The van der Waals surface area contributed by atoms with Gasteiger partial charge in [0, 0.05) is 18.5 Å². The molecule has 64 heavy (non-hydrogen) atoms. The molecule has 2 heterocycles. The fraction of sp³-hybridized carbons (Fsp3) is 0.617. The number of aryl methyl sites for hydroxylation is 1. The van der Waals surface area contributed by atoms with E-state index in [1.807, 2.05) is 19.1 Å². The number of nitrogens with zero attached hydrogens (tertiary/aromatic N) is 1. The Bertz CT molecular complexity index is 2000. The highest BCUT2D eigenvalue weighted by Gasteiger charge is 2.68. The van der Waals surface area contributed by atoms with Crippen LogP contribution in [0.4, 0.5) is 0 Å². The van der Waals surface area contributed by atoms with Crippen molar-refractivity contribution in [3.63, 3.8) is 0 Å². The van der Waals surface area contributed by atoms with Crippen LogP contribution in [0.2, 0.25) is 0 Å². The number of primary amides is 1. The van der Waals surface area contributed by atoms with Crippen LogP contribution in [-0.4, -0.2) is 102 Å². The number of nitrogens with two attached hydrogens (primary N) is 3. The van der Waals surface area contributed by atoms with Crippen molar-refractivity contribution >= 4 is 42.6 Å². The molecule has 348 valence electrons. The highest BCUT2D eigenvalue weighted by atomic mass is 16.7. The number of amides is 6. The topological polar surface area (TPSA) is 250 Å². The second-order valence-corrected chi connectivity index (χ2v) is 19.0. The Hall–Kier alpha value is -4.84. The maximum absolute atomic E-state index is 14.2. The van der Waals surface area contributed by atoms with Crippen LogP contribution >= 0.6 is 0 Å². The van der Waals surface area contributed by atoms with Gasteiger partial charge >= 0.3 is 7.12 Å². The van der Waals surface area contributed by atoms with Gasteiger partial charge in [-0.1, -0.05) is 63.6 Å². The van der Waals surface area contributed by atoms with E-state index in [4.69, 9.17) is 26.5 Å². The zero-order chi connectivity index (χ0) is 46.3. The van der Waals surface area contributed by atoms with Gasteiger partial charge in [0.2, 0.25) is 29.5 Å². The quantitative estimate of drug-likeness (QED) is 0.0549. The average Bonchev–Trinajstić information content (AvgIpc) is 3.92. The van der Waals surface area contributed by atoms with E-state index in [1.165, 1.54) is 17.4 Å². The third-order valence-corrected chi connectivity index (χ3v) is 14.3. The summed E-state index contributed by atoms with van der Waals surface area (Å²) in [4.78, 5) is 81.9. The van der Waals surface area contributed by atoms with Gasteiger partial charge < -0.3 is 52.7 Å². The van der Waals surface area contributed by atoms with Crippen LogP contribution in [0.5, 0.6) is 0 Å². The number of likely N-dealkylation sites (tertiary alicyclic amines) is 1. The zero-order valence-electron chi connectivity index (χ0n) is 38.2. The molecule has 2 bridgehead atoms. The molecule has 2 aliphatic heterocycles. The number of carbonyl (C=O) groups excluding carboxylic acids is 6. The number of rotatable bonds is 21. The molecule has 0 aromatic heterocycles. The first-order valence-electron chi connectivity index (χ1n) is 23.3. The van der Waals surface area contributed by atoms with Gasteiger partial charge in [0.1, 0.15) is 30.2 Å². The van der Waals surface area contributed by atoms with E-state index >= 15 is 0 Å². The number of nitrogens with one attached hydrogen (secondary N) is 4. The molecule has 5 fully saturated rings. The summed E-state index contributed by atoms with van der Waals surface area (Å²) in [5, 5.41) is 10.9. The van der Waals surface area contributed by atoms with Crippen LogP contribution in [0, 0.1) is 17.3 Å². The third kappa shape index (κ3) is 11.0. The van der Waals surface area contributed by atoms with E-state index in [9.17, 15) is 28.8 Å². The Morgan fingerprint density at radius 2 is 1.55 bits per heavy atom. The van der Waals surface area contributed by atoms with Gasteiger partial charge in [-0.25, -0.2) is 0 Å². The second kappa shape index (κ2) is 21.0. The van der Waals surface area contributed by atoms with Crippen molar-refractivity contribution in [1.29, 1.82) is 0 Å². The summed E-state index contributed by atoms with van der Waals surface area (Å²) < 4.78 is 12.6. The minimum absolute atomic E-state index is 0.110. The van der Waals surface area contributed by atoms with Crippen molar-refractivity contribution in [3.05, 3.63) is 59.7 Å². The predicted octanol–water partition coefficient (Wildman–Crippen LogP) is 2.84. The number of benzene rings is 2. The summed E-state index contributed by atoms with van der Waals surface area (Å²) >= 11 is 0. The summed E-state index contributed by atoms with van der Waals surface area (Å²) in [6.07, 6.45) is 7.14. The molecule has 2 aromatic rings. The maximum Gasteiger partial charge on any atom is 0.497 e. The predicted molar refractivity (Wildman–Crippen MR) is 244 cm³/mol. The van der Waals surface area contributed by atoms with Crippen molar-refractivity contribution in [3.8, 4) is 11.1 Å². The molecule has 2 aromatic carbocycles. The summed E-state index contributed by atoms with van der Waals surface area (Å²) in [7, 11) is -0.916. The van der Waals surface area contributed by atoms with E-state index in [0.717, 1.165) is 43.2 Å². The molecule has 7 rings (SSSR count). The summed E-state index contributed by atoms with van der Waals surface area (Å²) in [5.41, 5.74) is 20.8. The molecule has 9 atom stereocenters. The highest BCUT2D eigenvalue weighted by Crippen LogP contribution is 2.65. The lowest BCUT2D eigenvalue weighted by Gasteiger charge is -2.64. The Balaban J connectivity index is 1.04. The summed E-state index contributed by atoms with van der Waals surface area (Å²) in [6, 6.07) is 10.4. The molecule has 6 amide bonds. The molecular formula is C47H69BN8O8. The first-order chi connectivity index (χ1) is 30.5. The molecule has 0 spiro atoms. The maximum atomic E-state index is 14.2. The number of unbranched alkanes of at least 4 members (excludes halogenated alkanes) is 2. The molecule has 3 saturated carbocycles. The third-order valence-electron chi connectivity index (χ3n) is 14.3. The largest absolute Gasteiger partial charge is 0.497 e. The van der Waals surface area contributed by atoms with E-state index in [0.29, 0.717) is 50.1 Å². The Morgan fingerprint density at radius 1 is 0.859 bits per heavy atom. The number of carbonyl (C=O) groups is 6. The number of hydrogen-bond donors (Lipinski definition) is 7. The van der Waals surface area contributed by atoms with E-state index < -0.39 is 78.4 Å². The van der Waals surface area contributed by atoms with Crippen LogP contribution in [0.3, 0.4) is 0 Å². The molecule has 16 nitrogen and oxygen atoms in total. The number of hydrogen-bond acceptors (Lipinski definition) is 10. The van der Waals surface area contributed by atoms with Gasteiger partial charge in [0.05, 0.1) is 11.7 Å². The molecular weight excluding hydrogens is 815 g/mol. The summed E-state index contributed by atoms with van der Waals surface area (Å²) in [5.74, 6) is -2.59. The highest BCUT2D eigenvalue weighted by molar-refractivity contribution is 6.47. The van der Waals surface area contributed by atoms with Crippen molar-refractivity contribution in [2.24, 2.45) is 34.5 Å².